The average molecular weight is 453 g/mol. The van der Waals surface area contributed by atoms with Gasteiger partial charge in [-0.25, -0.2) is 4.39 Å². The van der Waals surface area contributed by atoms with E-state index in [9.17, 15) is 0 Å². The van der Waals surface area contributed by atoms with Crippen LogP contribution in [-0.2, 0) is 6.42 Å². The molecule has 1 aliphatic carbocycles. The standard InChI is InChI=1S/C33H37F/c1-3-5-7-9-27-15-23-32-31(24-27)22-21-30(33(32)34)20-14-26-12-18-29(19-13-26)28-16-10-25(11-17-28)8-6-4-2/h4,12-13,15,18-19,21-25,28H,2-3,5-11,16-17H2,1H3. The van der Waals surface area contributed by atoms with Crippen LogP contribution in [0, 0.1) is 23.6 Å². The third-order valence-electron chi connectivity index (χ3n) is 7.44. The van der Waals surface area contributed by atoms with Crippen molar-refractivity contribution in [3.63, 3.8) is 0 Å². The van der Waals surface area contributed by atoms with Crippen molar-refractivity contribution in [2.75, 3.05) is 0 Å². The molecule has 0 unspecified atom stereocenters. The first-order chi connectivity index (χ1) is 16.7. The van der Waals surface area contributed by atoms with E-state index in [-0.39, 0.29) is 5.82 Å². The summed E-state index contributed by atoms with van der Waals surface area (Å²) in [6.07, 6.45) is 14.3. The monoisotopic (exact) mass is 452 g/mol. The maximum Gasteiger partial charge on any atom is 0.146 e. The van der Waals surface area contributed by atoms with Crippen LogP contribution in [0.25, 0.3) is 10.8 Å². The molecule has 34 heavy (non-hydrogen) atoms. The molecule has 0 N–H and O–H groups in total. The quantitative estimate of drug-likeness (QED) is 0.181. The normalized spacial score (nSPS) is 17.8. The number of fused-ring (bicyclic) bond motifs is 1. The molecule has 0 bridgehead atoms. The number of benzene rings is 3. The maximum atomic E-state index is 15.1. The Morgan fingerprint density at radius 1 is 0.941 bits per heavy atom. The van der Waals surface area contributed by atoms with Gasteiger partial charge < -0.3 is 0 Å². The second-order valence-electron chi connectivity index (χ2n) is 9.90. The van der Waals surface area contributed by atoms with Crippen molar-refractivity contribution in [1.82, 2.24) is 0 Å². The average Bonchev–Trinajstić information content (AvgIpc) is 2.88. The van der Waals surface area contributed by atoms with Crippen LogP contribution in [0.15, 0.2) is 67.3 Å². The second kappa shape index (κ2) is 12.0. The van der Waals surface area contributed by atoms with Gasteiger partial charge in [0.1, 0.15) is 5.82 Å². The number of rotatable bonds is 8. The highest BCUT2D eigenvalue weighted by atomic mass is 19.1. The molecule has 0 amide bonds. The predicted molar refractivity (Wildman–Crippen MR) is 144 cm³/mol. The van der Waals surface area contributed by atoms with Crippen molar-refractivity contribution in [2.45, 2.75) is 77.0 Å². The minimum absolute atomic E-state index is 0.213. The van der Waals surface area contributed by atoms with E-state index in [1.807, 2.05) is 24.3 Å². The summed E-state index contributed by atoms with van der Waals surface area (Å²) in [4.78, 5) is 0. The van der Waals surface area contributed by atoms with E-state index in [0.717, 1.165) is 29.7 Å². The molecule has 3 aromatic rings. The van der Waals surface area contributed by atoms with Crippen LogP contribution >= 0.6 is 0 Å². The van der Waals surface area contributed by atoms with Crippen molar-refractivity contribution in [1.29, 1.82) is 0 Å². The Morgan fingerprint density at radius 2 is 1.74 bits per heavy atom. The van der Waals surface area contributed by atoms with E-state index in [1.54, 1.807) is 0 Å². The van der Waals surface area contributed by atoms with Crippen molar-refractivity contribution in [2.24, 2.45) is 5.92 Å². The van der Waals surface area contributed by atoms with Crippen molar-refractivity contribution in [3.05, 3.63) is 95.3 Å². The van der Waals surface area contributed by atoms with E-state index in [1.165, 1.54) is 62.5 Å². The highest BCUT2D eigenvalue weighted by Crippen LogP contribution is 2.37. The van der Waals surface area contributed by atoms with Gasteiger partial charge in [-0.1, -0.05) is 74.1 Å². The molecular weight excluding hydrogens is 415 g/mol. The Hall–Kier alpha value is -2.85. The number of aryl methyl sites for hydroxylation is 1. The molecule has 0 spiro atoms. The van der Waals surface area contributed by atoms with E-state index >= 15 is 4.39 Å². The summed E-state index contributed by atoms with van der Waals surface area (Å²) in [5, 5.41) is 1.62. The SMILES string of the molecule is C=CCCC1CCC(c2ccc(C#Cc3ccc4cc(CCCCC)ccc4c3F)cc2)CC1. The maximum absolute atomic E-state index is 15.1. The minimum atomic E-state index is -0.213. The zero-order valence-corrected chi connectivity index (χ0v) is 20.6. The molecule has 0 nitrogen and oxygen atoms in total. The highest BCUT2D eigenvalue weighted by Gasteiger charge is 2.21. The van der Waals surface area contributed by atoms with E-state index in [4.69, 9.17) is 0 Å². The van der Waals surface area contributed by atoms with Gasteiger partial charge in [-0.2, -0.15) is 0 Å². The molecule has 4 rings (SSSR count). The fourth-order valence-electron chi connectivity index (χ4n) is 5.29. The van der Waals surface area contributed by atoms with E-state index < -0.39 is 0 Å². The number of halogens is 1. The Balaban J connectivity index is 1.41. The first-order valence-corrected chi connectivity index (χ1v) is 13.1. The predicted octanol–water partition coefficient (Wildman–Crippen LogP) is 9.35. The van der Waals surface area contributed by atoms with Gasteiger partial charge in [0.25, 0.3) is 0 Å². The van der Waals surface area contributed by atoms with Crippen molar-refractivity contribution < 1.29 is 4.39 Å². The van der Waals surface area contributed by atoms with Gasteiger partial charge in [0.05, 0.1) is 5.56 Å². The summed E-state index contributed by atoms with van der Waals surface area (Å²) in [6, 6.07) is 18.5. The lowest BCUT2D eigenvalue weighted by Crippen LogP contribution is -2.13. The van der Waals surface area contributed by atoms with Crippen LogP contribution in [0.1, 0.15) is 92.9 Å². The summed E-state index contributed by atoms with van der Waals surface area (Å²) in [6.45, 7) is 6.06. The summed E-state index contributed by atoms with van der Waals surface area (Å²) in [5.41, 5.74) is 4.10. The van der Waals surface area contributed by atoms with Gasteiger partial charge in [0, 0.05) is 10.9 Å². The molecule has 0 aliphatic heterocycles. The van der Waals surface area contributed by atoms with Crippen LogP contribution in [0.4, 0.5) is 4.39 Å². The van der Waals surface area contributed by atoms with Crippen LogP contribution in [-0.4, -0.2) is 0 Å². The zero-order chi connectivity index (χ0) is 23.8. The smallest absolute Gasteiger partial charge is 0.146 e. The van der Waals surface area contributed by atoms with Crippen LogP contribution in [0.2, 0.25) is 0 Å². The molecular formula is C33H37F. The van der Waals surface area contributed by atoms with Crippen LogP contribution in [0.5, 0.6) is 0 Å². The molecule has 1 heteroatoms. The fraction of sp³-hybridized carbons (Fsp3) is 0.394. The third-order valence-corrected chi connectivity index (χ3v) is 7.44. The summed E-state index contributed by atoms with van der Waals surface area (Å²) in [7, 11) is 0. The Kier molecular flexibility index (Phi) is 8.59. The lowest BCUT2D eigenvalue weighted by Gasteiger charge is -2.28. The lowest BCUT2D eigenvalue weighted by molar-refractivity contribution is 0.312. The van der Waals surface area contributed by atoms with Crippen LogP contribution in [0.3, 0.4) is 0 Å². The molecule has 0 heterocycles. The van der Waals surface area contributed by atoms with Gasteiger partial charge in [-0.15, -0.1) is 6.58 Å². The van der Waals surface area contributed by atoms with Crippen molar-refractivity contribution in [3.8, 4) is 11.8 Å². The zero-order valence-electron chi connectivity index (χ0n) is 20.6. The summed E-state index contributed by atoms with van der Waals surface area (Å²) in [5.74, 6) is 7.55. The van der Waals surface area contributed by atoms with E-state index in [0.29, 0.717) is 16.9 Å². The lowest BCUT2D eigenvalue weighted by atomic mass is 9.77. The number of allylic oxidation sites excluding steroid dienone is 1. The molecule has 1 saturated carbocycles. The third kappa shape index (κ3) is 6.18. The molecule has 1 fully saturated rings. The van der Waals surface area contributed by atoms with Crippen LogP contribution < -0.4 is 0 Å². The molecule has 0 radical (unpaired) electrons. The first kappa shape index (κ1) is 24.3. The van der Waals surface area contributed by atoms with E-state index in [2.05, 4.69) is 61.7 Å². The topological polar surface area (TPSA) is 0 Å². The largest absolute Gasteiger partial charge is 0.205 e. The Bertz CT molecular complexity index is 1150. The second-order valence-corrected chi connectivity index (χ2v) is 9.90. The Morgan fingerprint density at radius 3 is 2.47 bits per heavy atom. The summed E-state index contributed by atoms with van der Waals surface area (Å²) >= 11 is 0. The molecule has 0 atom stereocenters. The first-order valence-electron chi connectivity index (χ1n) is 13.1. The molecule has 1 aliphatic rings. The number of unbranched alkanes of at least 4 members (excludes halogenated alkanes) is 2. The summed E-state index contributed by atoms with van der Waals surface area (Å²) < 4.78 is 15.1. The minimum Gasteiger partial charge on any atom is -0.205 e. The molecule has 0 saturated heterocycles. The van der Waals surface area contributed by atoms with Crippen molar-refractivity contribution >= 4 is 10.8 Å². The number of hydrogen-bond donors (Lipinski definition) is 0. The highest BCUT2D eigenvalue weighted by molar-refractivity contribution is 5.85. The van der Waals surface area contributed by atoms with Gasteiger partial charge in [-0.05, 0) is 97.9 Å². The van der Waals surface area contributed by atoms with Gasteiger partial charge in [0.15, 0.2) is 0 Å². The van der Waals surface area contributed by atoms with Gasteiger partial charge in [0.2, 0.25) is 0 Å². The molecule has 3 aromatic carbocycles. The van der Waals surface area contributed by atoms with Gasteiger partial charge >= 0.3 is 0 Å². The molecule has 0 aromatic heterocycles. The van der Waals surface area contributed by atoms with Gasteiger partial charge in [-0.3, -0.25) is 0 Å². The molecule has 176 valence electrons. The fourth-order valence-corrected chi connectivity index (χ4v) is 5.29. The Labute approximate surface area is 205 Å². The number of hydrogen-bond acceptors (Lipinski definition) is 0.